The molecule has 10 nitrogen and oxygen atoms in total. The van der Waals surface area contributed by atoms with Crippen LogP contribution in [0.4, 0.5) is 11.4 Å². The van der Waals surface area contributed by atoms with E-state index in [-0.39, 0.29) is 16.9 Å². The number of benzene rings is 2. The SMILES string of the molecule is Cc1nc(C(=O)Nc2ccccc2)c(N=[N+]=[N-])c2c3ccccc3n(S(=O)(=O)N(C)C)c12. The number of nitrogens with zero attached hydrogens (tertiary/aromatic N) is 6. The lowest BCUT2D eigenvalue weighted by atomic mass is 10.1. The molecular weight excluding hydrogens is 430 g/mol. The Hall–Kier alpha value is -3.92. The average Bonchev–Trinajstić information content (AvgIpc) is 3.13. The van der Waals surface area contributed by atoms with E-state index in [1.807, 2.05) is 6.07 Å². The fourth-order valence-electron chi connectivity index (χ4n) is 3.59. The zero-order chi connectivity index (χ0) is 23.0. The second-order valence-electron chi connectivity index (χ2n) is 7.20. The third-order valence-electron chi connectivity index (χ3n) is 5.00. The molecule has 162 valence electrons. The summed E-state index contributed by atoms with van der Waals surface area (Å²) in [5, 5.41) is 7.36. The molecule has 2 heterocycles. The van der Waals surface area contributed by atoms with E-state index in [0.29, 0.717) is 27.7 Å². The highest BCUT2D eigenvalue weighted by molar-refractivity contribution is 7.87. The van der Waals surface area contributed by atoms with Gasteiger partial charge in [0, 0.05) is 35.5 Å². The number of nitrogens with one attached hydrogen (secondary N) is 1. The number of carbonyl (C=O) groups is 1. The number of aryl methyl sites for hydroxylation is 1. The lowest BCUT2D eigenvalue weighted by molar-refractivity contribution is 0.102. The Labute approximate surface area is 183 Å². The number of pyridine rings is 1. The quantitative estimate of drug-likeness (QED) is 0.275. The summed E-state index contributed by atoms with van der Waals surface area (Å²) in [7, 11) is -1.10. The van der Waals surface area contributed by atoms with Crippen LogP contribution in [0.5, 0.6) is 0 Å². The average molecular weight is 449 g/mol. The summed E-state index contributed by atoms with van der Waals surface area (Å²) in [6, 6.07) is 15.6. The number of aromatic nitrogens is 2. The molecule has 0 atom stereocenters. The molecule has 0 spiro atoms. The van der Waals surface area contributed by atoms with Crippen LogP contribution >= 0.6 is 0 Å². The van der Waals surface area contributed by atoms with E-state index in [9.17, 15) is 18.7 Å². The molecule has 4 aromatic rings. The molecule has 2 aromatic carbocycles. The highest BCUT2D eigenvalue weighted by Crippen LogP contribution is 2.40. The van der Waals surface area contributed by atoms with Crippen molar-refractivity contribution in [2.75, 3.05) is 19.4 Å². The summed E-state index contributed by atoms with van der Waals surface area (Å²) < 4.78 is 28.6. The lowest BCUT2D eigenvalue weighted by Gasteiger charge is -2.16. The van der Waals surface area contributed by atoms with Crippen molar-refractivity contribution in [3.8, 4) is 0 Å². The van der Waals surface area contributed by atoms with Crippen molar-refractivity contribution in [2.24, 2.45) is 5.11 Å². The molecule has 4 rings (SSSR count). The van der Waals surface area contributed by atoms with Crippen LogP contribution in [0.1, 0.15) is 16.2 Å². The van der Waals surface area contributed by atoms with E-state index in [1.165, 1.54) is 14.1 Å². The summed E-state index contributed by atoms with van der Waals surface area (Å²) in [5.74, 6) is -0.573. The lowest BCUT2D eigenvalue weighted by Crippen LogP contribution is -2.29. The zero-order valence-corrected chi connectivity index (χ0v) is 18.3. The first kappa shape index (κ1) is 21.3. The van der Waals surface area contributed by atoms with E-state index in [0.717, 1.165) is 8.28 Å². The maximum atomic E-state index is 13.2. The smallest absolute Gasteiger partial charge is 0.308 e. The van der Waals surface area contributed by atoms with Crippen molar-refractivity contribution < 1.29 is 13.2 Å². The van der Waals surface area contributed by atoms with Crippen molar-refractivity contribution >= 4 is 49.3 Å². The maximum absolute atomic E-state index is 13.2. The van der Waals surface area contributed by atoms with Crippen LogP contribution in [0.3, 0.4) is 0 Å². The van der Waals surface area contributed by atoms with Crippen molar-refractivity contribution in [1.29, 1.82) is 0 Å². The monoisotopic (exact) mass is 449 g/mol. The van der Waals surface area contributed by atoms with E-state index in [4.69, 9.17) is 0 Å². The molecule has 11 heteroatoms. The number of carbonyl (C=O) groups excluding carboxylic acids is 1. The van der Waals surface area contributed by atoms with Crippen molar-refractivity contribution in [3.63, 3.8) is 0 Å². The van der Waals surface area contributed by atoms with E-state index in [1.54, 1.807) is 55.5 Å². The molecule has 0 unspecified atom stereocenters. The summed E-state index contributed by atoms with van der Waals surface area (Å²) in [6.45, 7) is 1.61. The Kier molecular flexibility index (Phi) is 5.31. The first-order valence-corrected chi connectivity index (χ1v) is 11.0. The molecule has 0 aliphatic rings. The number of azide groups is 1. The van der Waals surface area contributed by atoms with Gasteiger partial charge in [0.15, 0.2) is 0 Å². The Balaban J connectivity index is 2.11. The molecule has 0 saturated heterocycles. The number of rotatable bonds is 5. The zero-order valence-electron chi connectivity index (χ0n) is 17.5. The van der Waals surface area contributed by atoms with Gasteiger partial charge < -0.3 is 5.32 Å². The second-order valence-corrected chi connectivity index (χ2v) is 9.19. The summed E-state index contributed by atoms with van der Waals surface area (Å²) >= 11 is 0. The highest BCUT2D eigenvalue weighted by atomic mass is 32.2. The van der Waals surface area contributed by atoms with E-state index < -0.39 is 16.1 Å². The number of anilines is 1. The molecule has 0 bridgehead atoms. The molecule has 1 amide bonds. The molecular formula is C21H19N7O3S. The molecule has 0 radical (unpaired) electrons. The van der Waals surface area contributed by atoms with Gasteiger partial charge in [-0.05, 0) is 30.7 Å². The highest BCUT2D eigenvalue weighted by Gasteiger charge is 2.28. The van der Waals surface area contributed by atoms with E-state index >= 15 is 0 Å². The van der Waals surface area contributed by atoms with Crippen LogP contribution in [0.25, 0.3) is 32.2 Å². The first-order chi connectivity index (χ1) is 15.3. The molecule has 0 aliphatic carbocycles. The van der Waals surface area contributed by atoms with Crippen molar-refractivity contribution in [3.05, 3.63) is 76.4 Å². The fourth-order valence-corrected chi connectivity index (χ4v) is 4.77. The minimum atomic E-state index is -3.95. The Bertz CT molecular complexity index is 1520. The van der Waals surface area contributed by atoms with Gasteiger partial charge in [0.05, 0.1) is 22.4 Å². The van der Waals surface area contributed by atoms with Gasteiger partial charge in [0.1, 0.15) is 5.69 Å². The fraction of sp³-hybridized carbons (Fsp3) is 0.143. The molecule has 0 fully saturated rings. The summed E-state index contributed by atoms with van der Waals surface area (Å²) in [5.41, 5.74) is 10.6. The Morgan fingerprint density at radius 3 is 2.44 bits per heavy atom. The predicted octanol–water partition coefficient (Wildman–Crippen LogP) is 4.35. The van der Waals surface area contributed by atoms with Crippen LogP contribution < -0.4 is 5.32 Å². The van der Waals surface area contributed by atoms with Crippen LogP contribution in [-0.4, -0.2) is 41.7 Å². The summed E-state index contributed by atoms with van der Waals surface area (Å²) in [6.07, 6.45) is 0. The van der Waals surface area contributed by atoms with Crippen molar-refractivity contribution in [1.82, 2.24) is 13.3 Å². The van der Waals surface area contributed by atoms with Crippen LogP contribution in [0, 0.1) is 6.92 Å². The van der Waals surface area contributed by atoms with Gasteiger partial charge in [-0.3, -0.25) is 4.79 Å². The molecule has 1 N–H and O–H groups in total. The normalized spacial score (nSPS) is 11.6. The number of amides is 1. The van der Waals surface area contributed by atoms with Crippen LogP contribution in [-0.2, 0) is 10.2 Å². The minimum absolute atomic E-state index is 0.0366. The van der Waals surface area contributed by atoms with Gasteiger partial charge in [-0.2, -0.15) is 12.7 Å². The van der Waals surface area contributed by atoms with Gasteiger partial charge in [0.25, 0.3) is 5.91 Å². The summed E-state index contributed by atoms with van der Waals surface area (Å²) in [4.78, 5) is 20.3. The Morgan fingerprint density at radius 2 is 1.78 bits per heavy atom. The molecule has 0 aliphatic heterocycles. The third-order valence-corrected chi connectivity index (χ3v) is 6.76. The van der Waals surface area contributed by atoms with Gasteiger partial charge >= 0.3 is 10.2 Å². The topological polar surface area (TPSA) is 133 Å². The second kappa shape index (κ2) is 7.97. The third kappa shape index (κ3) is 3.34. The molecule has 32 heavy (non-hydrogen) atoms. The molecule has 0 saturated carbocycles. The molecule has 2 aromatic heterocycles. The maximum Gasteiger partial charge on any atom is 0.308 e. The number of para-hydroxylation sites is 2. The number of fused-ring (bicyclic) bond motifs is 3. The minimum Gasteiger partial charge on any atom is -0.321 e. The standard InChI is InChI=1S/C21H19N7O3S/c1-13-20-17(15-11-7-8-12-16(15)28(20)32(30,31)27(2)3)18(25-26-22)19(23-13)21(29)24-14-9-5-4-6-10-14/h4-12H,1-3H3,(H,24,29). The van der Waals surface area contributed by atoms with Gasteiger partial charge in [-0.25, -0.2) is 8.96 Å². The van der Waals surface area contributed by atoms with Crippen LogP contribution in [0.2, 0.25) is 0 Å². The van der Waals surface area contributed by atoms with Gasteiger partial charge in [-0.1, -0.05) is 41.5 Å². The predicted molar refractivity (Wildman–Crippen MR) is 123 cm³/mol. The Morgan fingerprint density at radius 1 is 1.12 bits per heavy atom. The van der Waals surface area contributed by atoms with Gasteiger partial charge in [0.2, 0.25) is 0 Å². The van der Waals surface area contributed by atoms with Gasteiger partial charge in [-0.15, -0.1) is 0 Å². The first-order valence-electron chi connectivity index (χ1n) is 9.55. The largest absolute Gasteiger partial charge is 0.321 e. The van der Waals surface area contributed by atoms with E-state index in [2.05, 4.69) is 20.3 Å². The van der Waals surface area contributed by atoms with Crippen LogP contribution in [0.15, 0.2) is 59.7 Å². The number of hydrogen-bond donors (Lipinski definition) is 1. The van der Waals surface area contributed by atoms with Crippen molar-refractivity contribution in [2.45, 2.75) is 6.92 Å². The number of hydrogen-bond acceptors (Lipinski definition) is 5.